The van der Waals surface area contributed by atoms with E-state index in [1.165, 1.54) is 11.1 Å². The number of rotatable bonds is 11. The Hall–Kier alpha value is -3.40. The number of hydrogen-bond acceptors (Lipinski definition) is 8. The van der Waals surface area contributed by atoms with Gasteiger partial charge in [-0.15, -0.1) is 0 Å². The van der Waals surface area contributed by atoms with Gasteiger partial charge in [-0.2, -0.15) is 0 Å². The van der Waals surface area contributed by atoms with Crippen LogP contribution in [0.15, 0.2) is 52.8 Å². The van der Waals surface area contributed by atoms with E-state index in [2.05, 4.69) is 27.2 Å². The minimum atomic E-state index is -0.681. The maximum absolute atomic E-state index is 12.6. The number of allylic oxidation sites excluding steroid dienone is 1. The van der Waals surface area contributed by atoms with E-state index in [1.807, 2.05) is 37.3 Å². The van der Waals surface area contributed by atoms with Crippen LogP contribution < -0.4 is 15.4 Å². The minimum Gasteiger partial charge on any atom is -0.507 e. The fraction of sp³-hybridized carbons (Fsp3) is 0.429. The average Bonchev–Trinajstić information content (AvgIpc) is 2.88. The molecule has 1 fully saturated rings. The molecule has 9 heteroatoms. The van der Waals surface area contributed by atoms with Crippen molar-refractivity contribution in [1.82, 2.24) is 10.2 Å². The predicted octanol–water partition coefficient (Wildman–Crippen LogP) is 2.82. The number of hydrogen-bond donors (Lipinski definition) is 4. The Labute approximate surface area is 217 Å². The topological polar surface area (TPSA) is 116 Å². The van der Waals surface area contributed by atoms with Crippen LogP contribution in [0.5, 0.6) is 5.75 Å². The van der Waals surface area contributed by atoms with Gasteiger partial charge in [0, 0.05) is 37.4 Å². The normalized spacial score (nSPS) is 17.2. The second-order valence-corrected chi connectivity index (χ2v) is 9.61. The highest BCUT2D eigenvalue weighted by atomic mass is 16.5. The van der Waals surface area contributed by atoms with Gasteiger partial charge in [0.15, 0.2) is 5.76 Å². The fourth-order valence-corrected chi connectivity index (χ4v) is 4.51. The van der Waals surface area contributed by atoms with Crippen LogP contribution in [0.1, 0.15) is 34.0 Å². The SMILES string of the molecule is C=NC(C)=C(O)COc1ccc2c(c1C)CCN(C[C@@H](O)CNC(=O)c1cccc(NC3COC3)c1)C2. The second kappa shape index (κ2) is 12.2. The van der Waals surface area contributed by atoms with E-state index in [9.17, 15) is 15.0 Å². The standard InChI is InChI=1S/C28H36N4O5/c1-18-25-9-10-32(13-21(25)7-8-27(18)37-17-26(34)19(2)29-3)14-24(33)12-30-28(35)20-5-4-6-22(11-20)31-23-15-36-16-23/h4-8,11,23-24,31,33-34H,3,9-10,12-17H2,1-2H3,(H,30,35)/t24-/m0/s1. The Kier molecular flexibility index (Phi) is 8.81. The predicted molar refractivity (Wildman–Crippen MR) is 144 cm³/mol. The number of benzene rings is 2. The van der Waals surface area contributed by atoms with Crippen molar-refractivity contribution in [2.24, 2.45) is 4.99 Å². The van der Waals surface area contributed by atoms with E-state index in [-0.39, 0.29) is 30.9 Å². The van der Waals surface area contributed by atoms with Crippen molar-refractivity contribution in [1.29, 1.82) is 0 Å². The molecule has 0 spiro atoms. The van der Waals surface area contributed by atoms with Gasteiger partial charge in [0.1, 0.15) is 12.4 Å². The van der Waals surface area contributed by atoms with Crippen LogP contribution in [0, 0.1) is 6.92 Å². The van der Waals surface area contributed by atoms with Gasteiger partial charge in [-0.1, -0.05) is 12.1 Å². The molecule has 4 rings (SSSR count). The lowest BCUT2D eigenvalue weighted by molar-refractivity contribution is 0.0211. The summed E-state index contributed by atoms with van der Waals surface area (Å²) in [7, 11) is 0. The summed E-state index contributed by atoms with van der Waals surface area (Å²) in [5.41, 5.74) is 5.37. The first kappa shape index (κ1) is 26.7. The smallest absolute Gasteiger partial charge is 0.251 e. The lowest BCUT2D eigenvalue weighted by Crippen LogP contribution is -2.42. The van der Waals surface area contributed by atoms with Crippen molar-refractivity contribution in [3.05, 3.63) is 70.1 Å². The largest absolute Gasteiger partial charge is 0.507 e. The average molecular weight is 509 g/mol. The number of β-amino-alcohol motifs (C(OH)–C–C–N with tert-alkyl or cyclic N) is 1. The van der Waals surface area contributed by atoms with E-state index in [0.717, 1.165) is 30.0 Å². The Morgan fingerprint density at radius 1 is 1.32 bits per heavy atom. The van der Waals surface area contributed by atoms with Crippen LogP contribution in [0.25, 0.3) is 0 Å². The van der Waals surface area contributed by atoms with E-state index >= 15 is 0 Å². The fourth-order valence-electron chi connectivity index (χ4n) is 4.51. The molecule has 4 N–H and O–H groups in total. The number of carbonyl (C=O) groups excluding carboxylic acids is 1. The van der Waals surface area contributed by atoms with E-state index in [0.29, 0.717) is 37.6 Å². The third-order valence-corrected chi connectivity index (χ3v) is 6.84. The number of ether oxygens (including phenoxy) is 2. The van der Waals surface area contributed by atoms with Gasteiger partial charge < -0.3 is 30.3 Å². The van der Waals surface area contributed by atoms with E-state index in [4.69, 9.17) is 9.47 Å². The van der Waals surface area contributed by atoms with Gasteiger partial charge in [-0.05, 0) is 67.9 Å². The zero-order valence-corrected chi connectivity index (χ0v) is 21.5. The van der Waals surface area contributed by atoms with Gasteiger partial charge >= 0.3 is 0 Å². The molecule has 1 amide bonds. The lowest BCUT2D eigenvalue weighted by Gasteiger charge is -2.31. The summed E-state index contributed by atoms with van der Waals surface area (Å²) in [5.74, 6) is 0.589. The first-order valence-electron chi connectivity index (χ1n) is 12.6. The summed E-state index contributed by atoms with van der Waals surface area (Å²) in [6.45, 7) is 10.7. The van der Waals surface area contributed by atoms with Crippen molar-refractivity contribution in [2.75, 3.05) is 44.8 Å². The second-order valence-electron chi connectivity index (χ2n) is 9.61. The Balaban J connectivity index is 1.26. The summed E-state index contributed by atoms with van der Waals surface area (Å²) in [5, 5.41) is 26.8. The zero-order chi connectivity index (χ0) is 26.4. The summed E-state index contributed by atoms with van der Waals surface area (Å²) < 4.78 is 11.0. The number of carbonyl (C=O) groups is 1. The molecular weight excluding hydrogens is 472 g/mol. The number of aliphatic imine (C=N–C) groups is 1. The van der Waals surface area contributed by atoms with Gasteiger partial charge in [-0.25, -0.2) is 0 Å². The Morgan fingerprint density at radius 2 is 2.14 bits per heavy atom. The molecule has 0 aliphatic carbocycles. The van der Waals surface area contributed by atoms with Gasteiger partial charge in [0.2, 0.25) is 0 Å². The first-order valence-corrected chi connectivity index (χ1v) is 12.6. The summed E-state index contributed by atoms with van der Waals surface area (Å²) >= 11 is 0. The molecule has 2 aromatic carbocycles. The van der Waals surface area contributed by atoms with Crippen LogP contribution in [-0.4, -0.2) is 79.3 Å². The van der Waals surface area contributed by atoms with Crippen LogP contribution in [-0.2, 0) is 17.7 Å². The van der Waals surface area contributed by atoms with Crippen molar-refractivity contribution < 1.29 is 24.5 Å². The molecule has 37 heavy (non-hydrogen) atoms. The van der Waals surface area contributed by atoms with Crippen molar-refractivity contribution in [2.45, 2.75) is 39.0 Å². The van der Waals surface area contributed by atoms with Crippen molar-refractivity contribution in [3.63, 3.8) is 0 Å². The number of fused-ring (bicyclic) bond motifs is 1. The highest BCUT2D eigenvalue weighted by Crippen LogP contribution is 2.29. The maximum Gasteiger partial charge on any atom is 0.251 e. The molecule has 0 radical (unpaired) electrons. The summed E-state index contributed by atoms with van der Waals surface area (Å²) in [6.07, 6.45) is 0.150. The quantitative estimate of drug-likeness (QED) is 0.273. The molecule has 2 aliphatic rings. The number of nitrogens with zero attached hydrogens (tertiary/aromatic N) is 2. The molecule has 198 valence electrons. The highest BCUT2D eigenvalue weighted by molar-refractivity contribution is 5.95. The van der Waals surface area contributed by atoms with Gasteiger partial charge in [0.05, 0.1) is 31.1 Å². The molecule has 0 saturated carbocycles. The monoisotopic (exact) mass is 508 g/mol. The van der Waals surface area contributed by atoms with Crippen LogP contribution in [0.4, 0.5) is 5.69 Å². The number of amides is 1. The van der Waals surface area contributed by atoms with Gasteiger partial charge in [-0.3, -0.25) is 14.7 Å². The molecule has 2 aromatic rings. The summed E-state index contributed by atoms with van der Waals surface area (Å²) in [6, 6.07) is 11.6. The molecule has 0 unspecified atom stereocenters. The van der Waals surface area contributed by atoms with Gasteiger partial charge in [0.25, 0.3) is 5.91 Å². The van der Waals surface area contributed by atoms with Crippen LogP contribution in [0.3, 0.4) is 0 Å². The molecule has 2 aliphatic heterocycles. The molecular formula is C28H36N4O5. The Bertz CT molecular complexity index is 1160. The number of anilines is 1. The zero-order valence-electron chi connectivity index (χ0n) is 21.5. The molecule has 1 atom stereocenters. The third kappa shape index (κ3) is 6.88. The van der Waals surface area contributed by atoms with Crippen LogP contribution >= 0.6 is 0 Å². The van der Waals surface area contributed by atoms with Crippen LogP contribution in [0.2, 0.25) is 0 Å². The molecule has 1 saturated heterocycles. The first-order chi connectivity index (χ1) is 17.8. The number of nitrogens with one attached hydrogen (secondary N) is 2. The Morgan fingerprint density at radius 3 is 2.86 bits per heavy atom. The summed E-state index contributed by atoms with van der Waals surface area (Å²) in [4.78, 5) is 18.5. The van der Waals surface area contributed by atoms with E-state index in [1.54, 1.807) is 13.0 Å². The van der Waals surface area contributed by atoms with Crippen molar-refractivity contribution >= 4 is 18.3 Å². The highest BCUT2D eigenvalue weighted by Gasteiger charge is 2.22. The van der Waals surface area contributed by atoms with E-state index < -0.39 is 6.10 Å². The number of aliphatic hydroxyl groups excluding tert-OH is 2. The molecule has 0 bridgehead atoms. The maximum atomic E-state index is 12.6. The molecule has 2 heterocycles. The van der Waals surface area contributed by atoms with Crippen molar-refractivity contribution in [3.8, 4) is 5.75 Å². The number of aliphatic hydroxyl groups is 2. The lowest BCUT2D eigenvalue weighted by atomic mass is 9.94. The minimum absolute atomic E-state index is 0.0464. The molecule has 0 aromatic heterocycles. The third-order valence-electron chi connectivity index (χ3n) is 6.84. The molecule has 9 nitrogen and oxygen atoms in total.